The summed E-state index contributed by atoms with van der Waals surface area (Å²) < 4.78 is 4.69. The summed E-state index contributed by atoms with van der Waals surface area (Å²) in [6.45, 7) is 5.33. The Balaban J connectivity index is 0.00000312. The molecule has 8 heteroatoms. The van der Waals surface area contributed by atoms with Crippen LogP contribution in [0.5, 0.6) is 0 Å². The SMILES string of the molecule is CN=C(NCc1ccc(C(=O)OC)cc1)NCc1sc(C)nc1C.I. The molecule has 0 radical (unpaired) electrons. The average molecular weight is 474 g/mol. The van der Waals surface area contributed by atoms with Crippen LogP contribution in [-0.4, -0.2) is 31.1 Å². The molecule has 0 saturated heterocycles. The Morgan fingerprint density at radius 2 is 1.84 bits per heavy atom. The van der Waals surface area contributed by atoms with Gasteiger partial charge < -0.3 is 15.4 Å². The molecule has 1 aromatic heterocycles. The molecular weight excluding hydrogens is 451 g/mol. The van der Waals surface area contributed by atoms with E-state index in [1.165, 1.54) is 12.0 Å². The quantitative estimate of drug-likeness (QED) is 0.302. The largest absolute Gasteiger partial charge is 0.465 e. The van der Waals surface area contributed by atoms with Gasteiger partial charge in [0.15, 0.2) is 5.96 Å². The van der Waals surface area contributed by atoms with Gasteiger partial charge in [0, 0.05) is 18.5 Å². The van der Waals surface area contributed by atoms with E-state index in [1.807, 2.05) is 26.0 Å². The summed E-state index contributed by atoms with van der Waals surface area (Å²) in [6, 6.07) is 7.29. The Morgan fingerprint density at radius 3 is 2.36 bits per heavy atom. The molecule has 2 rings (SSSR count). The fourth-order valence-electron chi connectivity index (χ4n) is 2.18. The van der Waals surface area contributed by atoms with Gasteiger partial charge in [-0.1, -0.05) is 12.1 Å². The normalized spacial score (nSPS) is 10.8. The number of esters is 1. The minimum absolute atomic E-state index is 0. The predicted molar refractivity (Wildman–Crippen MR) is 112 cm³/mol. The fourth-order valence-corrected chi connectivity index (χ4v) is 3.06. The summed E-state index contributed by atoms with van der Waals surface area (Å²) in [5.41, 5.74) is 2.65. The molecule has 1 aromatic carbocycles. The van der Waals surface area contributed by atoms with E-state index in [1.54, 1.807) is 30.5 Å². The van der Waals surface area contributed by atoms with Gasteiger partial charge >= 0.3 is 5.97 Å². The van der Waals surface area contributed by atoms with Crippen LogP contribution in [0.2, 0.25) is 0 Å². The number of guanidine groups is 1. The minimum Gasteiger partial charge on any atom is -0.465 e. The third kappa shape index (κ3) is 6.28. The molecule has 6 nitrogen and oxygen atoms in total. The van der Waals surface area contributed by atoms with Crippen molar-refractivity contribution in [2.75, 3.05) is 14.2 Å². The van der Waals surface area contributed by atoms with Gasteiger partial charge in [-0.3, -0.25) is 4.99 Å². The first-order chi connectivity index (χ1) is 11.5. The first kappa shape index (κ1) is 21.4. The highest BCUT2D eigenvalue weighted by molar-refractivity contribution is 14.0. The number of ether oxygens (including phenoxy) is 1. The smallest absolute Gasteiger partial charge is 0.337 e. The van der Waals surface area contributed by atoms with Crippen molar-refractivity contribution in [3.8, 4) is 0 Å². The molecule has 0 saturated carbocycles. The van der Waals surface area contributed by atoms with Crippen LogP contribution in [0.25, 0.3) is 0 Å². The zero-order valence-electron chi connectivity index (χ0n) is 14.8. The van der Waals surface area contributed by atoms with Gasteiger partial charge in [0.1, 0.15) is 0 Å². The number of aromatic nitrogens is 1. The van der Waals surface area contributed by atoms with E-state index in [-0.39, 0.29) is 29.9 Å². The van der Waals surface area contributed by atoms with Gasteiger partial charge in [-0.05, 0) is 31.5 Å². The molecule has 1 heterocycles. The lowest BCUT2D eigenvalue weighted by molar-refractivity contribution is 0.0600. The number of nitrogens with one attached hydrogen (secondary N) is 2. The molecule has 0 unspecified atom stereocenters. The molecule has 136 valence electrons. The number of rotatable bonds is 5. The van der Waals surface area contributed by atoms with E-state index in [2.05, 4.69) is 25.3 Å². The van der Waals surface area contributed by atoms with Crippen LogP contribution >= 0.6 is 35.3 Å². The zero-order chi connectivity index (χ0) is 17.5. The van der Waals surface area contributed by atoms with Crippen molar-refractivity contribution in [1.82, 2.24) is 15.6 Å². The van der Waals surface area contributed by atoms with E-state index in [0.717, 1.165) is 22.2 Å². The van der Waals surface area contributed by atoms with Crippen LogP contribution in [0.1, 0.15) is 31.5 Å². The first-order valence-corrected chi connectivity index (χ1v) is 8.39. The Hall–Kier alpha value is -1.68. The number of aliphatic imine (C=N–C) groups is 1. The monoisotopic (exact) mass is 474 g/mol. The van der Waals surface area contributed by atoms with Crippen LogP contribution < -0.4 is 10.6 Å². The Labute approximate surface area is 169 Å². The lowest BCUT2D eigenvalue weighted by Crippen LogP contribution is -2.36. The summed E-state index contributed by atoms with van der Waals surface area (Å²) in [7, 11) is 3.11. The molecule has 0 aliphatic heterocycles. The molecule has 0 atom stereocenters. The zero-order valence-corrected chi connectivity index (χ0v) is 17.9. The molecule has 0 aliphatic carbocycles. The van der Waals surface area contributed by atoms with Crippen molar-refractivity contribution in [2.24, 2.45) is 4.99 Å². The maximum absolute atomic E-state index is 11.4. The highest BCUT2D eigenvalue weighted by atomic mass is 127. The number of hydrogen-bond donors (Lipinski definition) is 2. The highest BCUT2D eigenvalue weighted by Crippen LogP contribution is 2.16. The van der Waals surface area contributed by atoms with Crippen LogP contribution in [0, 0.1) is 13.8 Å². The van der Waals surface area contributed by atoms with Crippen molar-refractivity contribution >= 4 is 47.2 Å². The van der Waals surface area contributed by atoms with Gasteiger partial charge in [-0.25, -0.2) is 9.78 Å². The van der Waals surface area contributed by atoms with Crippen LogP contribution in [0.15, 0.2) is 29.3 Å². The number of thiazole rings is 1. The second kappa shape index (κ2) is 10.3. The van der Waals surface area contributed by atoms with Crippen molar-refractivity contribution in [1.29, 1.82) is 0 Å². The summed E-state index contributed by atoms with van der Waals surface area (Å²) in [4.78, 5) is 21.3. The van der Waals surface area contributed by atoms with Crippen LogP contribution in [-0.2, 0) is 17.8 Å². The maximum Gasteiger partial charge on any atom is 0.337 e. The summed E-state index contributed by atoms with van der Waals surface area (Å²) in [6.07, 6.45) is 0. The fraction of sp³-hybridized carbons (Fsp3) is 0.353. The summed E-state index contributed by atoms with van der Waals surface area (Å²) in [5, 5.41) is 7.60. The Kier molecular flexibility index (Phi) is 8.84. The maximum atomic E-state index is 11.4. The van der Waals surface area contributed by atoms with E-state index in [9.17, 15) is 4.79 Å². The lowest BCUT2D eigenvalue weighted by Gasteiger charge is -2.11. The first-order valence-electron chi connectivity index (χ1n) is 7.58. The van der Waals surface area contributed by atoms with E-state index in [0.29, 0.717) is 18.7 Å². The highest BCUT2D eigenvalue weighted by Gasteiger charge is 2.07. The van der Waals surface area contributed by atoms with Gasteiger partial charge in [0.05, 0.1) is 29.9 Å². The topological polar surface area (TPSA) is 75.6 Å². The van der Waals surface area contributed by atoms with Crippen LogP contribution in [0.3, 0.4) is 0 Å². The molecule has 0 bridgehead atoms. The number of benzene rings is 1. The van der Waals surface area contributed by atoms with Gasteiger partial charge in [-0.15, -0.1) is 35.3 Å². The van der Waals surface area contributed by atoms with Crippen molar-refractivity contribution in [2.45, 2.75) is 26.9 Å². The number of nitrogens with zero attached hydrogens (tertiary/aromatic N) is 2. The molecule has 25 heavy (non-hydrogen) atoms. The molecule has 0 aliphatic rings. The Bertz CT molecular complexity index is 729. The summed E-state index contributed by atoms with van der Waals surface area (Å²) in [5.74, 6) is 0.389. The third-order valence-electron chi connectivity index (χ3n) is 3.47. The van der Waals surface area contributed by atoms with Gasteiger partial charge in [0.25, 0.3) is 0 Å². The van der Waals surface area contributed by atoms with E-state index >= 15 is 0 Å². The minimum atomic E-state index is -0.331. The molecule has 2 aromatic rings. The van der Waals surface area contributed by atoms with Gasteiger partial charge in [-0.2, -0.15) is 0 Å². The number of carbonyl (C=O) groups excluding carboxylic acids is 1. The standard InChI is InChI=1S/C17H22N4O2S.HI/c1-11-15(24-12(2)21-11)10-20-17(18-3)19-9-13-5-7-14(8-6-13)16(22)23-4;/h5-8H,9-10H2,1-4H3,(H2,18,19,20);1H. The Morgan fingerprint density at radius 1 is 1.20 bits per heavy atom. The van der Waals surface area contributed by atoms with Crippen molar-refractivity contribution in [3.63, 3.8) is 0 Å². The van der Waals surface area contributed by atoms with Crippen LogP contribution in [0.4, 0.5) is 0 Å². The molecule has 0 spiro atoms. The molecule has 0 fully saturated rings. The van der Waals surface area contributed by atoms with E-state index < -0.39 is 0 Å². The van der Waals surface area contributed by atoms with Crippen molar-refractivity contribution < 1.29 is 9.53 Å². The number of halogens is 1. The number of hydrogen-bond acceptors (Lipinski definition) is 5. The molecule has 2 N–H and O–H groups in total. The van der Waals surface area contributed by atoms with Gasteiger partial charge in [0.2, 0.25) is 0 Å². The number of methoxy groups -OCH3 is 1. The predicted octanol–water partition coefficient (Wildman–Crippen LogP) is 3.03. The van der Waals surface area contributed by atoms with Crippen molar-refractivity contribution in [3.05, 3.63) is 51.0 Å². The van der Waals surface area contributed by atoms with E-state index in [4.69, 9.17) is 0 Å². The number of aryl methyl sites for hydroxylation is 2. The second-order valence-electron chi connectivity index (χ2n) is 5.21. The third-order valence-corrected chi connectivity index (χ3v) is 4.55. The summed E-state index contributed by atoms with van der Waals surface area (Å²) >= 11 is 1.69. The molecular formula is C17H23IN4O2S. The average Bonchev–Trinajstić information content (AvgIpc) is 2.92. The number of carbonyl (C=O) groups is 1. The molecule has 0 amide bonds. The lowest BCUT2D eigenvalue weighted by atomic mass is 10.1. The second-order valence-corrected chi connectivity index (χ2v) is 6.50.